The molecule has 46 heavy (non-hydrogen) atoms. The van der Waals surface area contributed by atoms with E-state index in [0.29, 0.717) is 16.9 Å². The summed E-state index contributed by atoms with van der Waals surface area (Å²) >= 11 is 2.72. The molecule has 0 saturated carbocycles. The van der Waals surface area contributed by atoms with E-state index >= 15 is 0 Å². The summed E-state index contributed by atoms with van der Waals surface area (Å²) in [6.45, 7) is -0.606. The first-order valence-electron chi connectivity index (χ1n) is 14.6. The second kappa shape index (κ2) is 14.9. The highest BCUT2D eigenvalue weighted by atomic mass is 32.2. The highest BCUT2D eigenvalue weighted by Crippen LogP contribution is 2.36. The number of fused-ring (bicyclic) bond motifs is 2. The van der Waals surface area contributed by atoms with Gasteiger partial charge >= 0.3 is 0 Å². The Labute approximate surface area is 273 Å². The van der Waals surface area contributed by atoms with Gasteiger partial charge in [-0.15, -0.1) is 23.1 Å². The zero-order chi connectivity index (χ0) is 32.6. The lowest BCUT2D eigenvalue weighted by molar-refractivity contribution is -0.132. The van der Waals surface area contributed by atoms with Gasteiger partial charge < -0.3 is 31.7 Å². The van der Waals surface area contributed by atoms with Crippen LogP contribution < -0.4 is 26.6 Å². The van der Waals surface area contributed by atoms with Crippen molar-refractivity contribution >= 4 is 62.7 Å². The number of likely N-dealkylation sites (N-methyl/N-ethyl adjacent to an activating group) is 1. The SMILES string of the molecule is CNC(=O)CNC(=O)[C@@H](CNC(=O)c1cc2ccccc2s1)NC(=O)[C@H](Cc1ccc(O)cc1)NC(=O)C1Cc2ccccc2S1. The fourth-order valence-corrected chi connectivity index (χ4v) is 7.09. The molecule has 2 heterocycles. The monoisotopic (exact) mass is 659 g/mol. The molecule has 13 heteroatoms. The molecule has 1 aliphatic heterocycles. The number of phenols is 1. The number of nitrogens with one attached hydrogen (secondary N) is 5. The van der Waals surface area contributed by atoms with Crippen LogP contribution in [0.1, 0.15) is 20.8 Å². The van der Waals surface area contributed by atoms with Crippen LogP contribution in [0, 0.1) is 0 Å². The minimum Gasteiger partial charge on any atom is -0.508 e. The van der Waals surface area contributed by atoms with E-state index in [9.17, 15) is 29.1 Å². The first-order valence-corrected chi connectivity index (χ1v) is 16.3. The maximum Gasteiger partial charge on any atom is 0.261 e. The fraction of sp³-hybridized carbons (Fsp3) is 0.242. The summed E-state index contributed by atoms with van der Waals surface area (Å²) in [6.07, 6.45) is 0.581. The largest absolute Gasteiger partial charge is 0.508 e. The van der Waals surface area contributed by atoms with Crippen molar-refractivity contribution in [3.05, 3.63) is 94.9 Å². The molecule has 0 saturated heterocycles. The van der Waals surface area contributed by atoms with E-state index in [1.807, 2.05) is 48.5 Å². The van der Waals surface area contributed by atoms with Gasteiger partial charge in [0.15, 0.2) is 0 Å². The second-order valence-corrected chi connectivity index (χ2v) is 13.0. The zero-order valence-electron chi connectivity index (χ0n) is 24.9. The standard InChI is InChI=1S/C33H33N5O6S2/c1-34-29(40)18-36-30(41)24(17-35-32(43)27-15-20-6-2-4-8-25(20)45-27)38-31(42)23(14-19-10-12-22(39)13-11-19)37-33(44)28-16-21-7-3-5-9-26(21)46-28/h2-13,15,23-24,28,39H,14,16-18H2,1H3,(H,34,40)(H,35,43)(H,36,41)(H,37,44)(H,38,42)/t23-,24+,28?/m0/s1. The lowest BCUT2D eigenvalue weighted by Gasteiger charge is -2.24. The van der Waals surface area contributed by atoms with E-state index in [2.05, 4.69) is 26.6 Å². The van der Waals surface area contributed by atoms with E-state index in [4.69, 9.17) is 0 Å². The Kier molecular flexibility index (Phi) is 10.6. The van der Waals surface area contributed by atoms with Gasteiger partial charge in [-0.25, -0.2) is 0 Å². The first-order chi connectivity index (χ1) is 22.2. The summed E-state index contributed by atoms with van der Waals surface area (Å²) in [6, 6.07) is 20.9. The van der Waals surface area contributed by atoms with Gasteiger partial charge in [0.1, 0.15) is 17.8 Å². The molecule has 5 rings (SSSR count). The van der Waals surface area contributed by atoms with Crippen LogP contribution in [0.3, 0.4) is 0 Å². The minimum atomic E-state index is -1.26. The number of aromatic hydroxyl groups is 1. The molecule has 0 fully saturated rings. The molecule has 0 radical (unpaired) electrons. The molecule has 4 aromatic rings. The number of amides is 5. The Balaban J connectivity index is 1.31. The topological polar surface area (TPSA) is 166 Å². The smallest absolute Gasteiger partial charge is 0.261 e. The summed E-state index contributed by atoms with van der Waals surface area (Å²) in [5.41, 5.74) is 1.72. The van der Waals surface area contributed by atoms with Crippen LogP contribution in [-0.4, -0.2) is 72.1 Å². The molecule has 1 unspecified atom stereocenters. The normalized spacial score (nSPS) is 14.8. The van der Waals surface area contributed by atoms with E-state index < -0.39 is 41.0 Å². The molecule has 0 bridgehead atoms. The van der Waals surface area contributed by atoms with Crippen molar-refractivity contribution in [1.29, 1.82) is 0 Å². The number of rotatable bonds is 12. The van der Waals surface area contributed by atoms with Crippen LogP contribution in [0.25, 0.3) is 10.1 Å². The predicted molar refractivity (Wildman–Crippen MR) is 177 cm³/mol. The molecule has 0 spiro atoms. The maximum absolute atomic E-state index is 13.8. The van der Waals surface area contributed by atoms with E-state index in [0.717, 1.165) is 20.5 Å². The van der Waals surface area contributed by atoms with E-state index in [1.54, 1.807) is 18.2 Å². The molecular weight excluding hydrogens is 627 g/mol. The van der Waals surface area contributed by atoms with Gasteiger partial charge in [-0.3, -0.25) is 24.0 Å². The van der Waals surface area contributed by atoms with Crippen LogP contribution in [0.15, 0.2) is 83.8 Å². The van der Waals surface area contributed by atoms with Gasteiger partial charge in [0.2, 0.25) is 23.6 Å². The Hall–Kier alpha value is -4.88. The van der Waals surface area contributed by atoms with Gasteiger partial charge in [0.05, 0.1) is 16.7 Å². The molecule has 0 aliphatic carbocycles. The van der Waals surface area contributed by atoms with Crippen molar-refractivity contribution in [1.82, 2.24) is 26.6 Å². The average Bonchev–Trinajstić information content (AvgIpc) is 3.71. The molecule has 1 aromatic heterocycles. The predicted octanol–water partition coefficient (Wildman–Crippen LogP) is 2.13. The third-order valence-electron chi connectivity index (χ3n) is 7.40. The van der Waals surface area contributed by atoms with Crippen molar-refractivity contribution < 1.29 is 29.1 Å². The third kappa shape index (κ3) is 8.23. The summed E-state index contributed by atoms with van der Waals surface area (Å²) in [5.74, 6) is -2.50. The number of thiophene rings is 1. The van der Waals surface area contributed by atoms with Crippen molar-refractivity contribution in [2.24, 2.45) is 0 Å². The van der Waals surface area contributed by atoms with Gasteiger partial charge in [0.25, 0.3) is 5.91 Å². The molecule has 6 N–H and O–H groups in total. The zero-order valence-corrected chi connectivity index (χ0v) is 26.5. The highest BCUT2D eigenvalue weighted by molar-refractivity contribution is 8.01. The van der Waals surface area contributed by atoms with Crippen LogP contribution in [0.2, 0.25) is 0 Å². The van der Waals surface area contributed by atoms with Crippen LogP contribution >= 0.6 is 23.1 Å². The molecule has 3 atom stereocenters. The van der Waals surface area contributed by atoms with Crippen molar-refractivity contribution in [3.63, 3.8) is 0 Å². The highest BCUT2D eigenvalue weighted by Gasteiger charge is 2.33. The molecular formula is C33H33N5O6S2. The number of carbonyl (C=O) groups excluding carboxylic acids is 5. The van der Waals surface area contributed by atoms with Gasteiger partial charge in [-0.05, 0) is 53.3 Å². The van der Waals surface area contributed by atoms with Gasteiger partial charge in [-0.2, -0.15) is 0 Å². The number of hydrogen-bond donors (Lipinski definition) is 6. The van der Waals surface area contributed by atoms with Crippen molar-refractivity contribution in [2.75, 3.05) is 20.1 Å². The average molecular weight is 660 g/mol. The summed E-state index contributed by atoms with van der Waals surface area (Å²) in [5, 5.41) is 23.3. The Morgan fingerprint density at radius 1 is 0.870 bits per heavy atom. The number of phenolic OH excluding ortho intramolecular Hbond substituents is 1. The van der Waals surface area contributed by atoms with Crippen LogP contribution in [-0.2, 0) is 32.0 Å². The van der Waals surface area contributed by atoms with Crippen LogP contribution in [0.5, 0.6) is 5.75 Å². The van der Waals surface area contributed by atoms with Gasteiger partial charge in [0, 0.05) is 29.6 Å². The fourth-order valence-electron chi connectivity index (χ4n) is 4.91. The molecule has 1 aliphatic rings. The van der Waals surface area contributed by atoms with Crippen molar-refractivity contribution in [2.45, 2.75) is 35.1 Å². The van der Waals surface area contributed by atoms with E-state index in [-0.39, 0.29) is 31.2 Å². The number of hydrogen-bond acceptors (Lipinski definition) is 8. The second-order valence-electron chi connectivity index (χ2n) is 10.7. The summed E-state index contributed by atoms with van der Waals surface area (Å²) < 4.78 is 0.928. The third-order valence-corrected chi connectivity index (χ3v) is 9.83. The minimum absolute atomic E-state index is 0.0520. The van der Waals surface area contributed by atoms with E-state index in [1.165, 1.54) is 42.3 Å². The Morgan fingerprint density at radius 2 is 1.61 bits per heavy atom. The molecule has 11 nitrogen and oxygen atoms in total. The maximum atomic E-state index is 13.8. The first kappa shape index (κ1) is 32.5. The molecule has 238 valence electrons. The summed E-state index contributed by atoms with van der Waals surface area (Å²) in [4.78, 5) is 66.7. The molecule has 3 aromatic carbocycles. The number of carbonyl (C=O) groups is 5. The Bertz CT molecular complexity index is 1700. The summed E-state index contributed by atoms with van der Waals surface area (Å²) in [7, 11) is 1.43. The van der Waals surface area contributed by atoms with Gasteiger partial charge in [-0.1, -0.05) is 48.5 Å². The lowest BCUT2D eigenvalue weighted by Crippen LogP contribution is -2.58. The number of thioether (sulfide) groups is 1. The quantitative estimate of drug-likeness (QED) is 0.136. The number of benzene rings is 3. The molecule has 5 amide bonds. The van der Waals surface area contributed by atoms with Crippen LogP contribution in [0.4, 0.5) is 0 Å². The lowest BCUT2D eigenvalue weighted by atomic mass is 10.0. The Morgan fingerprint density at radius 3 is 2.35 bits per heavy atom. The van der Waals surface area contributed by atoms with Crippen molar-refractivity contribution in [3.8, 4) is 5.75 Å².